The molecule has 1 heterocycles. The molecule has 1 aromatic carbocycles. The van der Waals surface area contributed by atoms with E-state index in [1.165, 1.54) is 0 Å². The summed E-state index contributed by atoms with van der Waals surface area (Å²) in [7, 11) is 0. The van der Waals surface area contributed by atoms with E-state index in [-0.39, 0.29) is 30.3 Å². The first-order valence-electron chi connectivity index (χ1n) is 9.05. The van der Waals surface area contributed by atoms with Gasteiger partial charge in [0.05, 0.1) is 18.2 Å². The number of anilines is 1. The van der Waals surface area contributed by atoms with Gasteiger partial charge in [0.25, 0.3) is 0 Å². The van der Waals surface area contributed by atoms with Crippen molar-refractivity contribution in [2.45, 2.75) is 25.3 Å². The molecule has 2 saturated carbocycles. The van der Waals surface area contributed by atoms with Crippen LogP contribution in [-0.4, -0.2) is 34.2 Å². The van der Waals surface area contributed by atoms with E-state index in [0.717, 1.165) is 24.9 Å². The van der Waals surface area contributed by atoms with Gasteiger partial charge in [0.2, 0.25) is 11.8 Å². The van der Waals surface area contributed by atoms with Gasteiger partial charge in [-0.3, -0.25) is 9.59 Å². The summed E-state index contributed by atoms with van der Waals surface area (Å²) in [6.45, 7) is -0.0413. The zero-order valence-electron chi connectivity index (χ0n) is 14.5. The van der Waals surface area contributed by atoms with Crippen molar-refractivity contribution in [2.24, 2.45) is 23.5 Å². The topological polar surface area (TPSA) is 102 Å². The first kappa shape index (κ1) is 16.8. The summed E-state index contributed by atoms with van der Waals surface area (Å²) in [5.74, 6) is 0.372. The van der Waals surface area contributed by atoms with Crippen molar-refractivity contribution in [1.29, 1.82) is 0 Å². The van der Waals surface area contributed by atoms with Crippen molar-refractivity contribution in [3.63, 3.8) is 0 Å². The molecule has 0 radical (unpaired) electrons. The molecular weight excluding hydrogens is 330 g/mol. The van der Waals surface area contributed by atoms with Crippen molar-refractivity contribution in [1.82, 2.24) is 15.1 Å². The van der Waals surface area contributed by atoms with Crippen LogP contribution in [0.5, 0.6) is 0 Å². The highest BCUT2D eigenvalue weighted by Gasteiger charge is 2.48. The van der Waals surface area contributed by atoms with Crippen molar-refractivity contribution < 1.29 is 9.59 Å². The van der Waals surface area contributed by atoms with Crippen LogP contribution in [0.1, 0.15) is 19.3 Å². The lowest BCUT2D eigenvalue weighted by Crippen LogP contribution is -2.46. The summed E-state index contributed by atoms with van der Waals surface area (Å²) in [6.07, 6.45) is 6.81. The monoisotopic (exact) mass is 353 g/mol. The molecule has 0 aliphatic heterocycles. The lowest BCUT2D eigenvalue weighted by Gasteiger charge is -2.26. The molecule has 2 amide bonds. The fourth-order valence-corrected chi connectivity index (χ4v) is 4.33. The summed E-state index contributed by atoms with van der Waals surface area (Å²) < 4.78 is 1.74. The Kier molecular flexibility index (Phi) is 4.46. The van der Waals surface area contributed by atoms with Gasteiger partial charge in [0.1, 0.15) is 0 Å². The van der Waals surface area contributed by atoms with Crippen molar-refractivity contribution in [3.05, 3.63) is 42.7 Å². The minimum atomic E-state index is -0.248. The minimum absolute atomic E-state index is 0.0413. The van der Waals surface area contributed by atoms with Crippen LogP contribution >= 0.6 is 0 Å². The third-order valence-corrected chi connectivity index (χ3v) is 5.63. The van der Waals surface area contributed by atoms with E-state index >= 15 is 0 Å². The Hall–Kier alpha value is -2.67. The summed E-state index contributed by atoms with van der Waals surface area (Å²) in [6, 6.07) is 9.14. The quantitative estimate of drug-likeness (QED) is 0.754. The molecule has 4 N–H and O–H groups in total. The molecule has 2 aliphatic rings. The Morgan fingerprint density at radius 3 is 2.62 bits per heavy atom. The number of fused-ring (bicyclic) bond motifs is 2. The Morgan fingerprint density at radius 2 is 1.96 bits per heavy atom. The molecule has 7 nitrogen and oxygen atoms in total. The molecule has 2 aliphatic carbocycles. The molecule has 2 fully saturated rings. The van der Waals surface area contributed by atoms with Gasteiger partial charge in [-0.1, -0.05) is 0 Å². The molecule has 1 aromatic heterocycles. The standard InChI is InChI=1S/C19H23N5O2/c20-18-13-3-2-12(10-13)17(18)19(26)21-11-16(25)23-14-4-6-15(7-5-14)24-9-1-8-22-24/h1,4-9,12-13,17-18H,2-3,10-11,20H2,(H,21,26)(H,23,25). The lowest BCUT2D eigenvalue weighted by molar-refractivity contribution is -0.129. The maximum absolute atomic E-state index is 12.4. The van der Waals surface area contributed by atoms with E-state index < -0.39 is 0 Å². The SMILES string of the molecule is NC1C2CCC(C2)C1C(=O)NCC(=O)Nc1ccc(-n2cccn2)cc1. The number of carbonyl (C=O) groups excluding carboxylic acids is 2. The molecule has 4 atom stereocenters. The fraction of sp³-hybridized carbons (Fsp3) is 0.421. The first-order valence-corrected chi connectivity index (χ1v) is 9.05. The number of nitrogens with two attached hydrogens (primary N) is 1. The third kappa shape index (κ3) is 3.22. The Labute approximate surface area is 151 Å². The molecule has 4 rings (SSSR count). The van der Waals surface area contributed by atoms with E-state index in [1.807, 2.05) is 36.5 Å². The highest BCUT2D eigenvalue weighted by atomic mass is 16.2. The molecule has 2 bridgehead atoms. The molecule has 7 heteroatoms. The molecule has 0 spiro atoms. The minimum Gasteiger partial charge on any atom is -0.347 e. The average molecular weight is 353 g/mol. The number of carbonyl (C=O) groups is 2. The van der Waals surface area contributed by atoms with Crippen molar-refractivity contribution in [2.75, 3.05) is 11.9 Å². The van der Waals surface area contributed by atoms with Crippen LogP contribution in [0.2, 0.25) is 0 Å². The second-order valence-corrected chi connectivity index (χ2v) is 7.20. The summed E-state index contributed by atoms with van der Waals surface area (Å²) in [5.41, 5.74) is 7.77. The summed E-state index contributed by atoms with van der Waals surface area (Å²) in [4.78, 5) is 24.5. The van der Waals surface area contributed by atoms with Crippen LogP contribution in [0.4, 0.5) is 5.69 Å². The number of hydrogen-bond donors (Lipinski definition) is 3. The number of aromatic nitrogens is 2. The van der Waals surface area contributed by atoms with E-state index in [1.54, 1.807) is 10.9 Å². The predicted molar refractivity (Wildman–Crippen MR) is 97.5 cm³/mol. The van der Waals surface area contributed by atoms with Gasteiger partial charge >= 0.3 is 0 Å². The van der Waals surface area contributed by atoms with E-state index in [2.05, 4.69) is 15.7 Å². The van der Waals surface area contributed by atoms with Crippen LogP contribution in [0.25, 0.3) is 5.69 Å². The first-order chi connectivity index (χ1) is 12.6. The third-order valence-electron chi connectivity index (χ3n) is 5.63. The fourth-order valence-electron chi connectivity index (χ4n) is 4.33. The maximum Gasteiger partial charge on any atom is 0.243 e. The van der Waals surface area contributed by atoms with Gasteiger partial charge in [-0.15, -0.1) is 0 Å². The van der Waals surface area contributed by atoms with Gasteiger partial charge in [-0.05, 0) is 61.4 Å². The van der Waals surface area contributed by atoms with Crippen LogP contribution in [0.15, 0.2) is 42.7 Å². The zero-order valence-corrected chi connectivity index (χ0v) is 14.5. The second-order valence-electron chi connectivity index (χ2n) is 7.20. The number of hydrogen-bond acceptors (Lipinski definition) is 4. The van der Waals surface area contributed by atoms with Gasteiger partial charge < -0.3 is 16.4 Å². The van der Waals surface area contributed by atoms with E-state index in [4.69, 9.17) is 5.73 Å². The molecule has 0 saturated heterocycles. The normalized spacial score (nSPS) is 26.7. The van der Waals surface area contributed by atoms with Gasteiger partial charge in [0.15, 0.2) is 0 Å². The largest absolute Gasteiger partial charge is 0.347 e. The molecule has 2 aromatic rings. The maximum atomic E-state index is 12.4. The summed E-state index contributed by atoms with van der Waals surface area (Å²) in [5, 5.41) is 9.70. The number of amides is 2. The molecular formula is C19H23N5O2. The summed E-state index contributed by atoms with van der Waals surface area (Å²) >= 11 is 0. The van der Waals surface area contributed by atoms with Crippen molar-refractivity contribution in [3.8, 4) is 5.69 Å². The Bertz CT molecular complexity index is 785. The van der Waals surface area contributed by atoms with Crippen LogP contribution in [0, 0.1) is 17.8 Å². The lowest BCUT2D eigenvalue weighted by atomic mass is 9.84. The van der Waals surface area contributed by atoms with Crippen LogP contribution in [0.3, 0.4) is 0 Å². The van der Waals surface area contributed by atoms with Gasteiger partial charge in [-0.25, -0.2) is 4.68 Å². The zero-order chi connectivity index (χ0) is 18.1. The highest BCUT2D eigenvalue weighted by Crippen LogP contribution is 2.47. The van der Waals surface area contributed by atoms with Crippen LogP contribution in [-0.2, 0) is 9.59 Å². The number of benzene rings is 1. The molecule has 26 heavy (non-hydrogen) atoms. The Balaban J connectivity index is 1.28. The Morgan fingerprint density at radius 1 is 1.19 bits per heavy atom. The smallest absolute Gasteiger partial charge is 0.243 e. The second kappa shape index (κ2) is 6.92. The van der Waals surface area contributed by atoms with Gasteiger partial charge in [-0.2, -0.15) is 5.10 Å². The average Bonchev–Trinajstić information content (AvgIpc) is 3.38. The predicted octanol–water partition coefficient (Wildman–Crippen LogP) is 1.30. The van der Waals surface area contributed by atoms with Gasteiger partial charge in [0, 0.05) is 24.1 Å². The van der Waals surface area contributed by atoms with E-state index in [0.29, 0.717) is 17.5 Å². The number of nitrogens with zero attached hydrogens (tertiary/aromatic N) is 2. The highest BCUT2D eigenvalue weighted by molar-refractivity contribution is 5.95. The number of rotatable bonds is 5. The van der Waals surface area contributed by atoms with Crippen molar-refractivity contribution >= 4 is 17.5 Å². The van der Waals surface area contributed by atoms with Crippen LogP contribution < -0.4 is 16.4 Å². The molecule has 4 unspecified atom stereocenters. The number of nitrogens with one attached hydrogen (secondary N) is 2. The molecule has 136 valence electrons. The van der Waals surface area contributed by atoms with E-state index in [9.17, 15) is 9.59 Å².